The summed E-state index contributed by atoms with van der Waals surface area (Å²) >= 11 is 9.45. The first kappa shape index (κ1) is 8.16. The van der Waals surface area contributed by atoms with Gasteiger partial charge in [-0.2, -0.15) is 0 Å². The lowest BCUT2D eigenvalue weighted by molar-refractivity contribution is 1.34. The van der Waals surface area contributed by atoms with Gasteiger partial charge >= 0.3 is 0 Å². The molecule has 0 radical (unpaired) electrons. The van der Waals surface area contributed by atoms with Gasteiger partial charge < -0.3 is 16.5 Å². The number of hydrogen-bond donors (Lipinski definition) is 3. The minimum Gasteiger partial charge on any atom is -0.388 e. The first-order chi connectivity index (χ1) is 5.11. The molecule has 0 aliphatic heterocycles. The van der Waals surface area contributed by atoms with Crippen LogP contribution in [0, 0.1) is 0 Å². The van der Waals surface area contributed by atoms with Crippen LogP contribution in [0.2, 0.25) is 0 Å². The summed E-state index contributed by atoms with van der Waals surface area (Å²) in [6.07, 6.45) is 0. The van der Waals surface area contributed by atoms with Crippen LogP contribution in [0.25, 0.3) is 0 Å². The second-order valence-electron chi connectivity index (χ2n) is 2.01. The predicted molar refractivity (Wildman–Crippen MR) is 52.6 cm³/mol. The van der Waals surface area contributed by atoms with Gasteiger partial charge in [0.05, 0.1) is 11.4 Å². The molecule has 0 atom stereocenters. The molecule has 58 valence electrons. The van der Waals surface area contributed by atoms with Crippen molar-refractivity contribution in [3.8, 4) is 0 Å². The Labute approximate surface area is 74.8 Å². The zero-order valence-corrected chi connectivity index (χ0v) is 7.26. The van der Waals surface area contributed by atoms with Gasteiger partial charge in [0.1, 0.15) is 9.98 Å². The summed E-state index contributed by atoms with van der Waals surface area (Å²) in [7, 11) is 0. The summed E-state index contributed by atoms with van der Waals surface area (Å²) in [4.78, 5) is 3.50. The van der Waals surface area contributed by atoms with Crippen molar-refractivity contribution >= 4 is 34.4 Å². The number of hydrogen-bond acceptors (Lipinski definition) is 2. The quantitative estimate of drug-likeness (QED) is 0.579. The average Bonchev–Trinajstić information content (AvgIpc) is 2.33. The van der Waals surface area contributed by atoms with E-state index in [9.17, 15) is 0 Å². The maximum Gasteiger partial charge on any atom is 0.120 e. The Morgan fingerprint density at radius 1 is 1.09 bits per heavy atom. The minimum absolute atomic E-state index is 0.313. The third-order valence-corrected chi connectivity index (χ3v) is 1.66. The standard InChI is InChI=1S/C6H7N3S2/c7-5(10)3-1-2-4(9-3)6(8)11/h1-2,9H,(H2,7,10)(H2,8,11). The Hall–Kier alpha value is -0.940. The lowest BCUT2D eigenvalue weighted by atomic mass is 10.4. The third kappa shape index (κ3) is 1.75. The van der Waals surface area contributed by atoms with Gasteiger partial charge in [0.15, 0.2) is 0 Å². The molecule has 0 bridgehead atoms. The fourth-order valence-corrected chi connectivity index (χ4v) is 0.921. The van der Waals surface area contributed by atoms with Crippen LogP contribution in [0.15, 0.2) is 12.1 Å². The van der Waals surface area contributed by atoms with E-state index in [1.54, 1.807) is 12.1 Å². The van der Waals surface area contributed by atoms with E-state index in [4.69, 9.17) is 35.9 Å². The van der Waals surface area contributed by atoms with Crippen molar-refractivity contribution in [2.45, 2.75) is 0 Å². The first-order valence-electron chi connectivity index (χ1n) is 2.90. The predicted octanol–water partition coefficient (Wildman–Crippen LogP) is 0.283. The van der Waals surface area contributed by atoms with Gasteiger partial charge in [0, 0.05) is 0 Å². The maximum absolute atomic E-state index is 5.34. The summed E-state index contributed by atoms with van der Waals surface area (Å²) in [6.45, 7) is 0. The Morgan fingerprint density at radius 3 is 1.64 bits per heavy atom. The molecule has 1 aromatic rings. The molecule has 0 saturated carbocycles. The van der Waals surface area contributed by atoms with Gasteiger partial charge in [-0.15, -0.1) is 0 Å². The molecule has 0 spiro atoms. The van der Waals surface area contributed by atoms with Crippen molar-refractivity contribution in [2.75, 3.05) is 0 Å². The van der Waals surface area contributed by atoms with E-state index in [1.165, 1.54) is 0 Å². The first-order valence-corrected chi connectivity index (χ1v) is 3.71. The van der Waals surface area contributed by atoms with Gasteiger partial charge in [-0.25, -0.2) is 0 Å². The molecule has 0 unspecified atom stereocenters. The molecule has 5 N–H and O–H groups in total. The number of nitrogens with one attached hydrogen (secondary N) is 1. The third-order valence-electron chi connectivity index (χ3n) is 1.22. The SMILES string of the molecule is NC(=S)c1ccc(C(N)=S)[nH]1. The van der Waals surface area contributed by atoms with Gasteiger partial charge in [0.2, 0.25) is 0 Å². The zero-order chi connectivity index (χ0) is 8.43. The fraction of sp³-hybridized carbons (Fsp3) is 0. The second-order valence-corrected chi connectivity index (χ2v) is 2.89. The number of H-pyrrole nitrogens is 1. The number of aromatic nitrogens is 1. The van der Waals surface area contributed by atoms with Crippen LogP contribution in [0.3, 0.4) is 0 Å². The summed E-state index contributed by atoms with van der Waals surface area (Å²) in [5, 5.41) is 0. The van der Waals surface area contributed by atoms with Crippen LogP contribution in [0.1, 0.15) is 11.4 Å². The molecule has 1 heterocycles. The van der Waals surface area contributed by atoms with Crippen LogP contribution in [0.4, 0.5) is 0 Å². The Balaban J connectivity index is 2.99. The Bertz CT molecular complexity index is 274. The van der Waals surface area contributed by atoms with Gasteiger partial charge in [-0.05, 0) is 12.1 Å². The monoisotopic (exact) mass is 185 g/mol. The highest BCUT2D eigenvalue weighted by Crippen LogP contribution is 2.00. The van der Waals surface area contributed by atoms with E-state index >= 15 is 0 Å². The average molecular weight is 185 g/mol. The molecule has 0 saturated heterocycles. The molecule has 3 nitrogen and oxygen atoms in total. The molecular formula is C6H7N3S2. The van der Waals surface area contributed by atoms with Crippen molar-refractivity contribution in [3.05, 3.63) is 23.5 Å². The highest BCUT2D eigenvalue weighted by atomic mass is 32.1. The molecule has 0 amide bonds. The van der Waals surface area contributed by atoms with Crippen LogP contribution >= 0.6 is 24.4 Å². The van der Waals surface area contributed by atoms with Gasteiger partial charge in [-0.1, -0.05) is 24.4 Å². The fourth-order valence-electron chi connectivity index (χ4n) is 0.683. The number of aromatic amines is 1. The molecule has 1 rings (SSSR count). The largest absolute Gasteiger partial charge is 0.388 e. The van der Waals surface area contributed by atoms with Crippen LogP contribution in [-0.2, 0) is 0 Å². The zero-order valence-electron chi connectivity index (χ0n) is 5.63. The Morgan fingerprint density at radius 2 is 1.45 bits per heavy atom. The normalized spacial score (nSPS) is 9.45. The molecule has 11 heavy (non-hydrogen) atoms. The van der Waals surface area contributed by atoms with Crippen LogP contribution < -0.4 is 11.5 Å². The molecule has 0 fully saturated rings. The maximum atomic E-state index is 5.34. The summed E-state index contributed by atoms with van der Waals surface area (Å²) in [5.74, 6) is 0. The van der Waals surface area contributed by atoms with Crippen LogP contribution in [-0.4, -0.2) is 15.0 Å². The van der Waals surface area contributed by atoms with Crippen molar-refractivity contribution < 1.29 is 0 Å². The van der Waals surface area contributed by atoms with E-state index in [-0.39, 0.29) is 0 Å². The van der Waals surface area contributed by atoms with E-state index < -0.39 is 0 Å². The smallest absolute Gasteiger partial charge is 0.120 e. The number of nitrogens with two attached hydrogens (primary N) is 2. The molecule has 5 heteroatoms. The van der Waals surface area contributed by atoms with Gasteiger partial charge in [0.25, 0.3) is 0 Å². The van der Waals surface area contributed by atoms with E-state index in [1.807, 2.05) is 0 Å². The highest BCUT2D eigenvalue weighted by Gasteiger charge is 2.01. The number of thiocarbonyl (C=S) groups is 2. The van der Waals surface area contributed by atoms with Crippen molar-refractivity contribution in [2.24, 2.45) is 11.5 Å². The van der Waals surface area contributed by atoms with E-state index in [0.29, 0.717) is 21.4 Å². The molecule has 0 aromatic carbocycles. The van der Waals surface area contributed by atoms with Crippen LogP contribution in [0.5, 0.6) is 0 Å². The number of rotatable bonds is 2. The van der Waals surface area contributed by atoms with E-state index in [2.05, 4.69) is 4.98 Å². The van der Waals surface area contributed by atoms with Crippen molar-refractivity contribution in [1.82, 2.24) is 4.98 Å². The molecule has 0 aliphatic rings. The topological polar surface area (TPSA) is 67.8 Å². The molecular weight excluding hydrogens is 178 g/mol. The highest BCUT2D eigenvalue weighted by molar-refractivity contribution is 7.81. The lowest BCUT2D eigenvalue weighted by Gasteiger charge is -1.92. The molecule has 1 aromatic heterocycles. The summed E-state index contributed by atoms with van der Waals surface area (Å²) in [5.41, 5.74) is 12.1. The van der Waals surface area contributed by atoms with Crippen molar-refractivity contribution in [3.63, 3.8) is 0 Å². The van der Waals surface area contributed by atoms with E-state index in [0.717, 1.165) is 0 Å². The summed E-state index contributed by atoms with van der Waals surface area (Å²) < 4.78 is 0. The second kappa shape index (κ2) is 2.98. The lowest BCUT2D eigenvalue weighted by Crippen LogP contribution is -2.13. The van der Waals surface area contributed by atoms with Crippen molar-refractivity contribution in [1.29, 1.82) is 0 Å². The summed E-state index contributed by atoms with van der Waals surface area (Å²) in [6, 6.07) is 3.49. The van der Waals surface area contributed by atoms with Gasteiger partial charge in [-0.3, -0.25) is 0 Å². The Kier molecular flexibility index (Phi) is 2.21. The molecule has 0 aliphatic carbocycles. The minimum atomic E-state index is 0.313.